The number of carbonyl (C=O) groups excluding carboxylic acids is 2. The summed E-state index contributed by atoms with van der Waals surface area (Å²) in [6.45, 7) is 2.23. The number of aliphatic hydroxyl groups excluding tert-OH is 1. The van der Waals surface area contributed by atoms with Gasteiger partial charge in [-0.25, -0.2) is 0 Å². The van der Waals surface area contributed by atoms with E-state index < -0.39 is 5.41 Å². The van der Waals surface area contributed by atoms with Gasteiger partial charge in [-0.3, -0.25) is 9.59 Å². The molecule has 6 heteroatoms. The van der Waals surface area contributed by atoms with Crippen LogP contribution in [-0.2, 0) is 26.3 Å². The molecule has 154 valence electrons. The van der Waals surface area contributed by atoms with Crippen molar-refractivity contribution in [2.24, 2.45) is 0 Å². The van der Waals surface area contributed by atoms with Crippen LogP contribution in [0.4, 0.5) is 5.69 Å². The van der Waals surface area contributed by atoms with Gasteiger partial charge in [-0.05, 0) is 49.1 Å². The Kier molecular flexibility index (Phi) is 6.54. The molecule has 1 amide bonds. The van der Waals surface area contributed by atoms with Crippen molar-refractivity contribution in [3.05, 3.63) is 59.7 Å². The Balaban J connectivity index is 2.05. The molecule has 1 heterocycles. The summed E-state index contributed by atoms with van der Waals surface area (Å²) in [5.41, 5.74) is 1.34. The molecule has 1 atom stereocenters. The lowest BCUT2D eigenvalue weighted by Gasteiger charge is -2.32. The number of carbonyl (C=O) groups is 2. The molecule has 0 fully saturated rings. The Labute approximate surface area is 171 Å². The van der Waals surface area contributed by atoms with Crippen LogP contribution in [0.5, 0.6) is 5.75 Å². The first kappa shape index (κ1) is 20.9. The average Bonchev–Trinajstić information content (AvgIpc) is 2.86. The lowest BCUT2D eigenvalue weighted by Crippen LogP contribution is -2.38. The second kappa shape index (κ2) is 9.09. The standard InChI is InChI=1S/C23H27NO5/c1-3-29-22(27)23(14-15-25)13-12-21(26)24(20-7-5-4-6-19(20)23)16-17-8-10-18(28-2)11-9-17/h4-11,25H,3,12-16H2,1-2H3. The van der Waals surface area contributed by atoms with Crippen LogP contribution in [0.2, 0.25) is 0 Å². The Bertz CT molecular complexity index is 864. The molecule has 0 aromatic heterocycles. The Hall–Kier alpha value is -2.86. The molecule has 1 N–H and O–H groups in total. The van der Waals surface area contributed by atoms with Crippen LogP contribution < -0.4 is 9.64 Å². The van der Waals surface area contributed by atoms with Crippen LogP contribution in [0.15, 0.2) is 48.5 Å². The predicted octanol–water partition coefficient (Wildman–Crippen LogP) is 3.21. The first-order chi connectivity index (χ1) is 14.1. The summed E-state index contributed by atoms with van der Waals surface area (Å²) < 4.78 is 10.6. The van der Waals surface area contributed by atoms with Gasteiger partial charge in [-0.2, -0.15) is 0 Å². The van der Waals surface area contributed by atoms with E-state index in [1.807, 2.05) is 48.5 Å². The number of esters is 1. The van der Waals surface area contributed by atoms with E-state index in [9.17, 15) is 14.7 Å². The molecule has 0 saturated carbocycles. The van der Waals surface area contributed by atoms with Crippen molar-refractivity contribution in [2.75, 3.05) is 25.2 Å². The molecule has 0 radical (unpaired) electrons. The Morgan fingerprint density at radius 3 is 2.55 bits per heavy atom. The van der Waals surface area contributed by atoms with Gasteiger partial charge in [-0.15, -0.1) is 0 Å². The number of benzene rings is 2. The van der Waals surface area contributed by atoms with Crippen LogP contribution >= 0.6 is 0 Å². The van der Waals surface area contributed by atoms with E-state index in [2.05, 4.69) is 0 Å². The molecular formula is C23H27NO5. The van der Waals surface area contributed by atoms with Gasteiger partial charge in [0, 0.05) is 18.7 Å². The monoisotopic (exact) mass is 397 g/mol. The van der Waals surface area contributed by atoms with E-state index in [-0.39, 0.29) is 37.9 Å². The number of nitrogens with zero attached hydrogens (tertiary/aromatic N) is 1. The highest BCUT2D eigenvalue weighted by Crippen LogP contribution is 2.43. The number of aliphatic hydroxyl groups is 1. The number of hydrogen-bond acceptors (Lipinski definition) is 5. The maximum Gasteiger partial charge on any atom is 0.316 e. The van der Waals surface area contributed by atoms with E-state index in [1.54, 1.807) is 18.9 Å². The summed E-state index contributed by atoms with van der Waals surface area (Å²) in [7, 11) is 1.61. The fourth-order valence-electron chi connectivity index (χ4n) is 3.96. The highest BCUT2D eigenvalue weighted by molar-refractivity contribution is 5.98. The second-order valence-electron chi connectivity index (χ2n) is 7.12. The fourth-order valence-corrected chi connectivity index (χ4v) is 3.96. The molecule has 1 unspecified atom stereocenters. The number of methoxy groups -OCH3 is 1. The zero-order valence-electron chi connectivity index (χ0n) is 16.9. The third-order valence-corrected chi connectivity index (χ3v) is 5.48. The third-order valence-electron chi connectivity index (χ3n) is 5.48. The maximum absolute atomic E-state index is 13.1. The van der Waals surface area contributed by atoms with Crippen molar-refractivity contribution in [3.63, 3.8) is 0 Å². The van der Waals surface area contributed by atoms with E-state index >= 15 is 0 Å². The van der Waals surface area contributed by atoms with Gasteiger partial charge in [0.15, 0.2) is 0 Å². The highest BCUT2D eigenvalue weighted by Gasteiger charge is 2.46. The molecule has 2 aromatic rings. The summed E-state index contributed by atoms with van der Waals surface area (Å²) in [4.78, 5) is 27.8. The van der Waals surface area contributed by atoms with Crippen LogP contribution in [0.3, 0.4) is 0 Å². The van der Waals surface area contributed by atoms with E-state index in [0.717, 1.165) is 16.9 Å². The number of hydrogen-bond donors (Lipinski definition) is 1. The number of para-hydroxylation sites is 1. The van der Waals surface area contributed by atoms with Gasteiger partial charge >= 0.3 is 5.97 Å². The summed E-state index contributed by atoms with van der Waals surface area (Å²) in [6, 6.07) is 15.0. The summed E-state index contributed by atoms with van der Waals surface area (Å²) >= 11 is 0. The summed E-state index contributed by atoms with van der Waals surface area (Å²) in [5, 5.41) is 9.72. The lowest BCUT2D eigenvalue weighted by molar-refractivity contribution is -0.151. The molecule has 29 heavy (non-hydrogen) atoms. The van der Waals surface area contributed by atoms with Gasteiger partial charge in [0.1, 0.15) is 5.75 Å². The van der Waals surface area contributed by atoms with Crippen molar-refractivity contribution >= 4 is 17.6 Å². The predicted molar refractivity (Wildman–Crippen MR) is 110 cm³/mol. The Morgan fingerprint density at radius 1 is 1.17 bits per heavy atom. The number of rotatable bonds is 7. The number of anilines is 1. The average molecular weight is 397 g/mol. The largest absolute Gasteiger partial charge is 0.497 e. The van der Waals surface area contributed by atoms with Gasteiger partial charge in [0.25, 0.3) is 0 Å². The van der Waals surface area contributed by atoms with Gasteiger partial charge < -0.3 is 19.5 Å². The van der Waals surface area contributed by atoms with Crippen LogP contribution in [0, 0.1) is 0 Å². The van der Waals surface area contributed by atoms with Crippen molar-refractivity contribution in [1.82, 2.24) is 0 Å². The van der Waals surface area contributed by atoms with E-state index in [4.69, 9.17) is 9.47 Å². The molecule has 1 aliphatic rings. The van der Waals surface area contributed by atoms with E-state index in [1.165, 1.54) is 0 Å². The molecule has 6 nitrogen and oxygen atoms in total. The molecular weight excluding hydrogens is 370 g/mol. The minimum Gasteiger partial charge on any atom is -0.497 e. The molecule has 1 aliphatic heterocycles. The first-order valence-electron chi connectivity index (χ1n) is 9.86. The van der Waals surface area contributed by atoms with Gasteiger partial charge in [0.2, 0.25) is 5.91 Å². The number of ether oxygens (including phenoxy) is 2. The van der Waals surface area contributed by atoms with Crippen LogP contribution in [0.25, 0.3) is 0 Å². The van der Waals surface area contributed by atoms with Gasteiger partial charge in [0.05, 0.1) is 25.7 Å². The SMILES string of the molecule is CCOC(=O)C1(CCO)CCC(=O)N(Cc2ccc(OC)cc2)c2ccccc21. The molecule has 2 aromatic carbocycles. The molecule has 0 spiro atoms. The first-order valence-corrected chi connectivity index (χ1v) is 9.86. The van der Waals surface area contributed by atoms with Gasteiger partial charge in [-0.1, -0.05) is 30.3 Å². The normalized spacial score (nSPS) is 18.7. The van der Waals surface area contributed by atoms with Crippen LogP contribution in [0.1, 0.15) is 37.3 Å². The number of amides is 1. The number of fused-ring (bicyclic) bond motifs is 1. The smallest absolute Gasteiger partial charge is 0.316 e. The Morgan fingerprint density at radius 2 is 1.90 bits per heavy atom. The fraction of sp³-hybridized carbons (Fsp3) is 0.391. The van der Waals surface area contributed by atoms with Crippen molar-refractivity contribution in [2.45, 2.75) is 38.1 Å². The zero-order chi connectivity index (χ0) is 20.9. The van der Waals surface area contributed by atoms with Crippen LogP contribution in [-0.4, -0.2) is 37.3 Å². The molecule has 0 saturated heterocycles. The van der Waals surface area contributed by atoms with Crippen molar-refractivity contribution in [3.8, 4) is 5.75 Å². The van der Waals surface area contributed by atoms with Crippen molar-refractivity contribution in [1.29, 1.82) is 0 Å². The lowest BCUT2D eigenvalue weighted by atomic mass is 9.74. The minimum atomic E-state index is -1.04. The summed E-state index contributed by atoms with van der Waals surface area (Å²) in [6.07, 6.45) is 0.720. The topological polar surface area (TPSA) is 76.1 Å². The summed E-state index contributed by atoms with van der Waals surface area (Å²) in [5.74, 6) is 0.304. The zero-order valence-corrected chi connectivity index (χ0v) is 16.9. The molecule has 0 aliphatic carbocycles. The maximum atomic E-state index is 13.1. The minimum absolute atomic E-state index is 0.0580. The third kappa shape index (κ3) is 4.12. The molecule has 0 bridgehead atoms. The second-order valence-corrected chi connectivity index (χ2v) is 7.12. The highest BCUT2D eigenvalue weighted by atomic mass is 16.5. The van der Waals surface area contributed by atoms with Crippen molar-refractivity contribution < 1.29 is 24.2 Å². The quantitative estimate of drug-likeness (QED) is 0.726. The van der Waals surface area contributed by atoms with E-state index in [0.29, 0.717) is 18.7 Å². The molecule has 3 rings (SSSR count).